The number of aromatic nitrogens is 1. The third-order valence-electron chi connectivity index (χ3n) is 1.43. The highest BCUT2D eigenvalue weighted by molar-refractivity contribution is 6.30. The number of nitrogens with zero attached hydrogens (tertiary/aromatic N) is 1. The van der Waals surface area contributed by atoms with Crippen LogP contribution in [0.5, 0.6) is 5.88 Å². The molecule has 1 N–H and O–H groups in total. The van der Waals surface area contributed by atoms with Crippen molar-refractivity contribution in [3.63, 3.8) is 0 Å². The number of hydrogen-bond donors (Lipinski definition) is 1. The Kier molecular flexibility index (Phi) is 3.79. The summed E-state index contributed by atoms with van der Waals surface area (Å²) in [5.74, 6) is -1.60. The molecule has 0 amide bonds. The van der Waals surface area contributed by atoms with Gasteiger partial charge in [-0.25, -0.2) is 4.98 Å². The van der Waals surface area contributed by atoms with E-state index in [0.717, 1.165) is 6.20 Å². The fourth-order valence-electron chi connectivity index (χ4n) is 0.949. The van der Waals surface area contributed by atoms with Crippen molar-refractivity contribution in [2.24, 2.45) is 0 Å². The van der Waals surface area contributed by atoms with Crippen LogP contribution in [0.4, 0.5) is 8.78 Å². The Bertz CT molecular complexity index is 373. The molecular weight excluding hydrogens is 232 g/mol. The summed E-state index contributed by atoms with van der Waals surface area (Å²) in [6.45, 7) is -3.05. The second kappa shape index (κ2) is 4.88. The molecule has 0 saturated carbocycles. The van der Waals surface area contributed by atoms with E-state index in [4.69, 9.17) is 16.7 Å². The van der Waals surface area contributed by atoms with Crippen LogP contribution in [0.15, 0.2) is 12.3 Å². The van der Waals surface area contributed by atoms with Crippen LogP contribution in [0.2, 0.25) is 5.02 Å². The van der Waals surface area contributed by atoms with Crippen molar-refractivity contribution in [3.8, 4) is 5.88 Å². The molecule has 0 aromatic carbocycles. The molecule has 7 heteroatoms. The molecule has 0 spiro atoms. The summed E-state index contributed by atoms with van der Waals surface area (Å²) in [6, 6.07) is 1.22. The number of carboxylic acid groups (broad SMARTS) is 1. The van der Waals surface area contributed by atoms with Crippen LogP contribution in [0.1, 0.15) is 5.56 Å². The van der Waals surface area contributed by atoms with Gasteiger partial charge in [-0.1, -0.05) is 11.6 Å². The van der Waals surface area contributed by atoms with E-state index in [0.29, 0.717) is 0 Å². The van der Waals surface area contributed by atoms with Crippen molar-refractivity contribution >= 4 is 17.6 Å². The van der Waals surface area contributed by atoms with Crippen molar-refractivity contribution in [1.29, 1.82) is 0 Å². The van der Waals surface area contributed by atoms with E-state index in [2.05, 4.69) is 9.72 Å². The molecule has 0 aliphatic rings. The van der Waals surface area contributed by atoms with E-state index in [9.17, 15) is 13.6 Å². The number of carboxylic acids is 1. The predicted molar refractivity (Wildman–Crippen MR) is 47.2 cm³/mol. The molecule has 0 fully saturated rings. The Balaban J connectivity index is 2.97. The standard InChI is InChI=1S/C8H6ClF2NO3/c9-5-1-4(2-6(13)14)7(12-3-5)15-8(10)11/h1,3,8H,2H2,(H,13,14). The first kappa shape index (κ1) is 11.6. The molecule has 15 heavy (non-hydrogen) atoms. The molecule has 82 valence electrons. The summed E-state index contributed by atoms with van der Waals surface area (Å²) >= 11 is 5.54. The molecule has 1 aromatic rings. The van der Waals surface area contributed by atoms with Crippen molar-refractivity contribution < 1.29 is 23.4 Å². The van der Waals surface area contributed by atoms with Crippen molar-refractivity contribution in [1.82, 2.24) is 4.98 Å². The quantitative estimate of drug-likeness (QED) is 0.870. The first-order valence-electron chi connectivity index (χ1n) is 3.80. The maximum Gasteiger partial charge on any atom is 0.388 e. The van der Waals surface area contributed by atoms with Gasteiger partial charge in [0.05, 0.1) is 11.4 Å². The van der Waals surface area contributed by atoms with E-state index in [1.54, 1.807) is 0 Å². The van der Waals surface area contributed by atoms with Gasteiger partial charge in [-0.2, -0.15) is 8.78 Å². The third-order valence-corrected chi connectivity index (χ3v) is 1.64. The SMILES string of the molecule is O=C(O)Cc1cc(Cl)cnc1OC(F)F. The largest absolute Gasteiger partial charge is 0.481 e. The number of rotatable bonds is 4. The zero-order valence-electron chi connectivity index (χ0n) is 7.28. The minimum atomic E-state index is -3.05. The van der Waals surface area contributed by atoms with Gasteiger partial charge in [-0.05, 0) is 6.07 Å². The lowest BCUT2D eigenvalue weighted by atomic mass is 10.2. The second-order valence-electron chi connectivity index (χ2n) is 2.57. The van der Waals surface area contributed by atoms with Crippen molar-refractivity contribution in [2.45, 2.75) is 13.0 Å². The molecule has 0 aliphatic heterocycles. The van der Waals surface area contributed by atoms with Gasteiger partial charge in [0.2, 0.25) is 5.88 Å². The summed E-state index contributed by atoms with van der Waals surface area (Å²) in [5.41, 5.74) is 0.00954. The topological polar surface area (TPSA) is 59.4 Å². The fraction of sp³-hybridized carbons (Fsp3) is 0.250. The van der Waals surface area contributed by atoms with Gasteiger partial charge < -0.3 is 9.84 Å². The van der Waals surface area contributed by atoms with Crippen molar-refractivity contribution in [2.75, 3.05) is 0 Å². The molecule has 0 bridgehead atoms. The van der Waals surface area contributed by atoms with Crippen molar-refractivity contribution in [3.05, 3.63) is 22.8 Å². The first-order valence-corrected chi connectivity index (χ1v) is 4.18. The summed E-state index contributed by atoms with van der Waals surface area (Å²) in [4.78, 5) is 13.9. The van der Waals surface area contributed by atoms with Gasteiger partial charge in [0, 0.05) is 11.8 Å². The van der Waals surface area contributed by atoms with Crippen LogP contribution in [-0.2, 0) is 11.2 Å². The summed E-state index contributed by atoms with van der Waals surface area (Å²) in [7, 11) is 0. The molecule has 1 aromatic heterocycles. The number of carbonyl (C=O) groups is 1. The molecule has 0 radical (unpaired) electrons. The van der Waals surface area contributed by atoms with Crippen LogP contribution in [-0.4, -0.2) is 22.7 Å². The molecule has 1 heterocycles. The van der Waals surface area contributed by atoms with E-state index >= 15 is 0 Å². The fourth-order valence-corrected chi connectivity index (χ4v) is 1.13. The van der Waals surface area contributed by atoms with Crippen LogP contribution < -0.4 is 4.74 Å². The minimum absolute atomic E-state index is 0.00954. The Morgan fingerprint density at radius 2 is 2.33 bits per heavy atom. The van der Waals surface area contributed by atoms with Crippen LogP contribution in [0, 0.1) is 0 Å². The number of aliphatic carboxylic acids is 1. The summed E-state index contributed by atoms with van der Waals surface area (Å²) < 4.78 is 27.8. The number of hydrogen-bond acceptors (Lipinski definition) is 3. The Morgan fingerprint density at radius 1 is 1.67 bits per heavy atom. The smallest absolute Gasteiger partial charge is 0.388 e. The molecule has 0 atom stereocenters. The summed E-state index contributed by atoms with van der Waals surface area (Å²) in [6.07, 6.45) is 0.625. The maximum absolute atomic E-state index is 11.9. The lowest BCUT2D eigenvalue weighted by Crippen LogP contribution is -2.09. The number of pyridine rings is 1. The van der Waals surface area contributed by atoms with Gasteiger partial charge in [0.1, 0.15) is 0 Å². The third kappa shape index (κ3) is 3.67. The molecule has 1 rings (SSSR count). The minimum Gasteiger partial charge on any atom is -0.481 e. The average Bonchev–Trinajstić information content (AvgIpc) is 2.08. The van der Waals surface area contributed by atoms with E-state index in [1.165, 1.54) is 6.07 Å². The second-order valence-corrected chi connectivity index (χ2v) is 3.00. The van der Waals surface area contributed by atoms with Crippen LogP contribution in [0.3, 0.4) is 0 Å². The van der Waals surface area contributed by atoms with E-state index in [-0.39, 0.29) is 10.6 Å². The lowest BCUT2D eigenvalue weighted by Gasteiger charge is -2.07. The van der Waals surface area contributed by atoms with Gasteiger partial charge >= 0.3 is 12.6 Å². The highest BCUT2D eigenvalue weighted by Gasteiger charge is 2.14. The highest BCUT2D eigenvalue weighted by atomic mass is 35.5. The molecule has 4 nitrogen and oxygen atoms in total. The zero-order valence-corrected chi connectivity index (χ0v) is 8.04. The monoisotopic (exact) mass is 237 g/mol. The van der Waals surface area contributed by atoms with Crippen LogP contribution in [0.25, 0.3) is 0 Å². The number of ether oxygens (including phenoxy) is 1. The first-order chi connectivity index (χ1) is 6.99. The molecule has 0 saturated heterocycles. The Hall–Kier alpha value is -1.43. The molecular formula is C8H6ClF2NO3. The number of alkyl halides is 2. The molecule has 0 aliphatic carbocycles. The highest BCUT2D eigenvalue weighted by Crippen LogP contribution is 2.21. The lowest BCUT2D eigenvalue weighted by molar-refractivity contribution is -0.136. The van der Waals surface area contributed by atoms with Crippen LogP contribution >= 0.6 is 11.6 Å². The summed E-state index contributed by atoms with van der Waals surface area (Å²) in [5, 5.41) is 8.66. The Morgan fingerprint density at radius 3 is 2.87 bits per heavy atom. The maximum atomic E-state index is 11.9. The zero-order chi connectivity index (χ0) is 11.4. The van der Waals surface area contributed by atoms with Gasteiger partial charge in [-0.15, -0.1) is 0 Å². The average molecular weight is 238 g/mol. The van der Waals surface area contributed by atoms with Gasteiger partial charge in [0.15, 0.2) is 0 Å². The predicted octanol–water partition coefficient (Wildman–Crippen LogP) is 1.96. The molecule has 0 unspecified atom stereocenters. The van der Waals surface area contributed by atoms with E-state index in [1.807, 2.05) is 0 Å². The number of halogens is 3. The normalized spacial score (nSPS) is 10.4. The van der Waals surface area contributed by atoms with E-state index < -0.39 is 24.9 Å². The van der Waals surface area contributed by atoms with Gasteiger partial charge in [0.25, 0.3) is 0 Å². The Labute approximate surface area is 88.4 Å². The van der Waals surface area contributed by atoms with Gasteiger partial charge in [-0.3, -0.25) is 4.79 Å².